The molecule has 0 saturated carbocycles. The van der Waals surface area contributed by atoms with Gasteiger partial charge in [0.1, 0.15) is 0 Å². The Morgan fingerprint density at radius 1 is 0.526 bits per heavy atom. The average molecular weight is 559 g/mol. The predicted octanol–water partition coefficient (Wildman–Crippen LogP) is 5.49. The molecular formula is C28H34N2O6S2. The molecule has 0 amide bonds. The second-order valence-electron chi connectivity index (χ2n) is 9.09. The summed E-state index contributed by atoms with van der Waals surface area (Å²) in [6.45, 7) is 5.92. The highest BCUT2D eigenvalue weighted by Gasteiger charge is 2.23. The molecule has 204 valence electrons. The van der Waals surface area contributed by atoms with Crippen molar-refractivity contribution in [3.05, 3.63) is 34.0 Å². The number of hydrogen-bond donors (Lipinski definition) is 0. The van der Waals surface area contributed by atoms with Crippen LogP contribution in [0.4, 0.5) is 0 Å². The molecule has 38 heavy (non-hydrogen) atoms. The third kappa shape index (κ3) is 4.93. The second-order valence-corrected chi connectivity index (χ2v) is 11.4. The van der Waals surface area contributed by atoms with Gasteiger partial charge >= 0.3 is 0 Å². The SMILES string of the molecule is COc1cc2sc(CN3CCN(Cc4cc5c(OC)c(OC)c(OC)cc5s4)CC3)cc2c(OC)c1OC. The highest BCUT2D eigenvalue weighted by Crippen LogP contribution is 2.47. The summed E-state index contributed by atoms with van der Waals surface area (Å²) in [6, 6.07) is 8.52. The number of piperazine rings is 1. The van der Waals surface area contributed by atoms with E-state index in [1.54, 1.807) is 65.3 Å². The predicted molar refractivity (Wildman–Crippen MR) is 154 cm³/mol. The van der Waals surface area contributed by atoms with Crippen molar-refractivity contribution in [2.24, 2.45) is 0 Å². The number of nitrogens with zero attached hydrogens (tertiary/aromatic N) is 2. The lowest BCUT2D eigenvalue weighted by atomic mass is 10.2. The number of rotatable bonds is 10. The minimum absolute atomic E-state index is 0.635. The zero-order chi connectivity index (χ0) is 26.8. The number of methoxy groups -OCH3 is 6. The Morgan fingerprint density at radius 3 is 1.21 bits per heavy atom. The van der Waals surface area contributed by atoms with E-state index in [0.717, 1.165) is 70.9 Å². The van der Waals surface area contributed by atoms with Crippen molar-refractivity contribution < 1.29 is 28.4 Å². The Bertz CT molecular complexity index is 1320. The van der Waals surface area contributed by atoms with Crippen molar-refractivity contribution in [2.75, 3.05) is 68.8 Å². The first-order valence-electron chi connectivity index (χ1n) is 12.4. The summed E-state index contributed by atoms with van der Waals surface area (Å²) in [5, 5.41) is 2.13. The Hall–Kier alpha value is -2.92. The van der Waals surface area contributed by atoms with E-state index >= 15 is 0 Å². The molecule has 1 saturated heterocycles. The summed E-state index contributed by atoms with van der Waals surface area (Å²) in [6.07, 6.45) is 0. The van der Waals surface area contributed by atoms with Crippen LogP contribution in [0.1, 0.15) is 9.75 Å². The quantitative estimate of drug-likeness (QED) is 0.253. The summed E-state index contributed by atoms with van der Waals surface area (Å²) in [5.41, 5.74) is 0. The fraction of sp³-hybridized carbons (Fsp3) is 0.429. The summed E-state index contributed by atoms with van der Waals surface area (Å²) in [7, 11) is 9.93. The molecule has 2 aromatic carbocycles. The first kappa shape index (κ1) is 26.7. The zero-order valence-electron chi connectivity index (χ0n) is 22.7. The third-order valence-corrected chi connectivity index (χ3v) is 9.11. The van der Waals surface area contributed by atoms with Gasteiger partial charge in [0.15, 0.2) is 23.0 Å². The minimum atomic E-state index is 0.635. The van der Waals surface area contributed by atoms with Crippen molar-refractivity contribution in [3.63, 3.8) is 0 Å². The van der Waals surface area contributed by atoms with Crippen LogP contribution in [0, 0.1) is 0 Å². The van der Waals surface area contributed by atoms with Gasteiger partial charge in [0.05, 0.1) is 42.7 Å². The van der Waals surface area contributed by atoms with Gasteiger partial charge in [-0.2, -0.15) is 0 Å². The topological polar surface area (TPSA) is 61.9 Å². The lowest BCUT2D eigenvalue weighted by Crippen LogP contribution is -2.45. The van der Waals surface area contributed by atoms with Crippen LogP contribution < -0.4 is 28.4 Å². The van der Waals surface area contributed by atoms with Crippen molar-refractivity contribution in [1.29, 1.82) is 0 Å². The van der Waals surface area contributed by atoms with Crippen LogP contribution in [0.15, 0.2) is 24.3 Å². The van der Waals surface area contributed by atoms with Crippen LogP contribution in [0.5, 0.6) is 34.5 Å². The molecule has 4 aromatic rings. The van der Waals surface area contributed by atoms with Gasteiger partial charge in [-0.15, -0.1) is 22.7 Å². The van der Waals surface area contributed by atoms with Crippen LogP contribution in [0.2, 0.25) is 0 Å². The maximum absolute atomic E-state index is 5.69. The van der Waals surface area contributed by atoms with E-state index in [1.807, 2.05) is 12.1 Å². The van der Waals surface area contributed by atoms with Crippen LogP contribution in [0.25, 0.3) is 20.2 Å². The number of fused-ring (bicyclic) bond motifs is 2. The molecule has 0 aliphatic carbocycles. The van der Waals surface area contributed by atoms with E-state index < -0.39 is 0 Å². The molecule has 3 heterocycles. The van der Waals surface area contributed by atoms with Gasteiger partial charge in [-0.3, -0.25) is 9.80 Å². The largest absolute Gasteiger partial charge is 0.493 e. The molecule has 0 radical (unpaired) electrons. The first-order chi connectivity index (χ1) is 18.5. The average Bonchev–Trinajstić information content (AvgIpc) is 3.54. The molecule has 8 nitrogen and oxygen atoms in total. The maximum Gasteiger partial charge on any atom is 0.204 e. The standard InChI is InChI=1S/C28H34N2O6S2/c1-31-21-13-23-19(25(33-3)27(21)35-5)11-17(37-23)15-29-7-9-30(10-8-29)16-18-12-20-24(38-18)14-22(32-2)28(36-6)26(20)34-4/h11-14H,7-10,15-16H2,1-6H3. The zero-order valence-corrected chi connectivity index (χ0v) is 24.3. The number of thiophene rings is 2. The van der Waals surface area contributed by atoms with E-state index in [2.05, 4.69) is 21.9 Å². The van der Waals surface area contributed by atoms with Gasteiger partial charge < -0.3 is 28.4 Å². The summed E-state index contributed by atoms with van der Waals surface area (Å²) in [5.74, 6) is 4.10. The third-order valence-electron chi connectivity index (χ3n) is 6.98. The normalized spacial score (nSPS) is 14.7. The van der Waals surface area contributed by atoms with E-state index in [-0.39, 0.29) is 0 Å². The highest BCUT2D eigenvalue weighted by molar-refractivity contribution is 7.19. The second kappa shape index (κ2) is 11.4. The molecule has 1 aliphatic heterocycles. The van der Waals surface area contributed by atoms with Crippen molar-refractivity contribution in [3.8, 4) is 34.5 Å². The molecule has 2 aromatic heterocycles. The smallest absolute Gasteiger partial charge is 0.204 e. The molecule has 0 spiro atoms. The van der Waals surface area contributed by atoms with Gasteiger partial charge in [-0.05, 0) is 12.1 Å². The Morgan fingerprint density at radius 2 is 0.895 bits per heavy atom. The molecular weight excluding hydrogens is 524 g/mol. The van der Waals surface area contributed by atoms with Crippen molar-refractivity contribution in [1.82, 2.24) is 9.80 Å². The Kier molecular flexibility index (Phi) is 8.04. The molecule has 0 bridgehead atoms. The Labute approximate surface area is 231 Å². The van der Waals surface area contributed by atoms with E-state index in [1.165, 1.54) is 9.75 Å². The molecule has 1 fully saturated rings. The summed E-state index contributed by atoms with van der Waals surface area (Å²) in [4.78, 5) is 7.65. The van der Waals surface area contributed by atoms with E-state index in [4.69, 9.17) is 28.4 Å². The monoisotopic (exact) mass is 558 g/mol. The molecule has 0 unspecified atom stereocenters. The van der Waals surface area contributed by atoms with Gasteiger partial charge in [0, 0.05) is 81.3 Å². The summed E-state index contributed by atoms with van der Waals surface area (Å²) >= 11 is 3.57. The van der Waals surface area contributed by atoms with E-state index in [9.17, 15) is 0 Å². The lowest BCUT2D eigenvalue weighted by molar-refractivity contribution is 0.123. The minimum Gasteiger partial charge on any atom is -0.493 e. The van der Waals surface area contributed by atoms with Crippen molar-refractivity contribution >= 4 is 42.8 Å². The number of hydrogen-bond acceptors (Lipinski definition) is 10. The highest BCUT2D eigenvalue weighted by atomic mass is 32.1. The van der Waals surface area contributed by atoms with Gasteiger partial charge in [0.2, 0.25) is 11.5 Å². The Balaban J connectivity index is 1.26. The molecule has 0 atom stereocenters. The molecule has 10 heteroatoms. The number of benzene rings is 2. The molecule has 0 N–H and O–H groups in total. The van der Waals surface area contributed by atoms with Gasteiger partial charge in [0.25, 0.3) is 0 Å². The van der Waals surface area contributed by atoms with Crippen LogP contribution in [0.3, 0.4) is 0 Å². The molecule has 1 aliphatic rings. The molecule has 5 rings (SSSR count). The van der Waals surface area contributed by atoms with Crippen LogP contribution in [-0.2, 0) is 13.1 Å². The van der Waals surface area contributed by atoms with Crippen LogP contribution in [-0.4, -0.2) is 78.6 Å². The van der Waals surface area contributed by atoms with E-state index in [0.29, 0.717) is 23.0 Å². The van der Waals surface area contributed by atoms with Gasteiger partial charge in [-0.25, -0.2) is 0 Å². The van der Waals surface area contributed by atoms with Crippen LogP contribution >= 0.6 is 22.7 Å². The number of ether oxygens (including phenoxy) is 6. The fourth-order valence-corrected chi connectivity index (χ4v) is 7.39. The fourth-order valence-electron chi connectivity index (χ4n) is 5.12. The lowest BCUT2D eigenvalue weighted by Gasteiger charge is -2.34. The maximum atomic E-state index is 5.69. The van der Waals surface area contributed by atoms with Gasteiger partial charge in [-0.1, -0.05) is 0 Å². The van der Waals surface area contributed by atoms with Crippen molar-refractivity contribution in [2.45, 2.75) is 13.1 Å². The summed E-state index contributed by atoms with van der Waals surface area (Å²) < 4.78 is 35.8. The first-order valence-corrected chi connectivity index (χ1v) is 14.0.